The van der Waals surface area contributed by atoms with Crippen molar-refractivity contribution in [3.05, 3.63) is 552 Å². The zero-order valence-corrected chi connectivity index (χ0v) is 81.5. The van der Waals surface area contributed by atoms with Crippen molar-refractivity contribution in [3.63, 3.8) is 0 Å². The van der Waals surface area contributed by atoms with Crippen LogP contribution in [0.25, 0.3) is 266 Å². The third-order valence-electron chi connectivity index (χ3n) is 29.4. The summed E-state index contributed by atoms with van der Waals surface area (Å²) in [5.74, 6) is 1.59. The van der Waals surface area contributed by atoms with Crippen molar-refractivity contribution in [1.29, 1.82) is 0 Å². The second kappa shape index (κ2) is 37.2. The molecule has 11 heteroatoms. The zero-order valence-electron chi connectivity index (χ0n) is 81.5. The van der Waals surface area contributed by atoms with Crippen LogP contribution < -0.4 is 0 Å². The molecule has 0 N–H and O–H groups in total. The minimum Gasteiger partial charge on any atom is -0.309 e. The van der Waals surface area contributed by atoms with Gasteiger partial charge in [0.15, 0.2) is 5.82 Å². The monoisotopic (exact) mass is 1910 g/mol. The van der Waals surface area contributed by atoms with Gasteiger partial charge in [-0.25, -0.2) is 24.9 Å². The molecule has 0 amide bonds. The van der Waals surface area contributed by atoms with Crippen molar-refractivity contribution in [2.24, 2.45) is 0 Å². The van der Waals surface area contributed by atoms with E-state index >= 15 is 0 Å². The third kappa shape index (κ3) is 15.5. The zero-order chi connectivity index (χ0) is 99.1. The maximum Gasteiger partial charge on any atom is 0.160 e. The Bertz CT molecular complexity index is 9270. The molecule has 702 valence electrons. The molecule has 150 heavy (non-hydrogen) atoms. The van der Waals surface area contributed by atoms with Gasteiger partial charge in [0.2, 0.25) is 0 Å². The Balaban J connectivity index is 0.000000108. The van der Waals surface area contributed by atoms with E-state index in [4.69, 9.17) is 24.9 Å². The fourth-order valence-corrected chi connectivity index (χ4v) is 22.4. The van der Waals surface area contributed by atoms with E-state index in [9.17, 15) is 0 Å². The molecule has 0 aliphatic rings. The van der Waals surface area contributed by atoms with Crippen molar-refractivity contribution in [3.8, 4) is 135 Å². The maximum absolute atomic E-state index is 5.14. The molecular formula is C139H91N11. The number of aromatic nitrogens is 11. The largest absolute Gasteiger partial charge is 0.309 e. The molecule has 11 nitrogen and oxygen atoms in total. The summed E-state index contributed by atoms with van der Waals surface area (Å²) >= 11 is 0. The minimum atomic E-state index is 0.714. The number of fused-ring (bicyclic) bond motifs is 18. The molecule has 0 saturated heterocycles. The second-order valence-electron chi connectivity index (χ2n) is 38.2. The van der Waals surface area contributed by atoms with Gasteiger partial charge in [0.25, 0.3) is 0 Å². The van der Waals surface area contributed by atoms with Gasteiger partial charge < -0.3 is 22.8 Å². The lowest BCUT2D eigenvalue weighted by Gasteiger charge is -2.12. The fourth-order valence-electron chi connectivity index (χ4n) is 22.4. The summed E-state index contributed by atoms with van der Waals surface area (Å²) in [5.41, 5.74) is 37.3. The van der Waals surface area contributed by atoms with Gasteiger partial charge in [0.1, 0.15) is 5.82 Å². The predicted molar refractivity (Wildman–Crippen MR) is 623 cm³/mol. The second-order valence-corrected chi connectivity index (χ2v) is 38.2. The highest BCUT2D eigenvalue weighted by molar-refractivity contribution is 6.23. The minimum absolute atomic E-state index is 0.714. The normalized spacial score (nSPS) is 11.6. The van der Waals surface area contributed by atoms with Crippen LogP contribution in [0.2, 0.25) is 0 Å². The molecule has 20 aromatic carbocycles. The highest BCUT2D eigenvalue weighted by atomic mass is 15.1. The number of rotatable bonds is 15. The summed E-state index contributed by atoms with van der Waals surface area (Å²) in [6.07, 6.45) is 1.99. The Morgan fingerprint density at radius 3 is 0.613 bits per heavy atom. The molecule has 0 bridgehead atoms. The summed E-state index contributed by atoms with van der Waals surface area (Å²) in [6, 6.07) is 194. The lowest BCUT2D eigenvalue weighted by atomic mass is 10.00. The predicted octanol–water partition coefficient (Wildman–Crippen LogP) is 35.6. The molecule has 0 fully saturated rings. The third-order valence-corrected chi connectivity index (χ3v) is 29.4. The molecule has 0 spiro atoms. The van der Waals surface area contributed by atoms with Crippen LogP contribution in [-0.4, -0.2) is 52.3 Å². The first-order valence-electron chi connectivity index (χ1n) is 50.9. The van der Waals surface area contributed by atoms with Crippen LogP contribution in [0, 0.1) is 0 Å². The van der Waals surface area contributed by atoms with Crippen LogP contribution in [0.4, 0.5) is 0 Å². The molecule has 0 unspecified atom stereocenters. The van der Waals surface area contributed by atoms with E-state index in [-0.39, 0.29) is 0 Å². The van der Waals surface area contributed by atoms with Crippen molar-refractivity contribution >= 4 is 131 Å². The standard InChI is InChI=1S/C47H31N3.2C46H30N4/c1-4-14-33(15-5-1)42-28-35(29-43(48-42)34-16-6-2-7-17-34)32-24-26-37(27-25-32)50-45-23-13-11-21-39(45)41-30-40-38-20-10-12-22-44(38)49(46(40)31-47(41)50)36-18-8-3-9-19-36;1-4-14-31(15-5-1)40-29-41(48-46(47-40)33-16-6-2-7-17-33)32-24-26-35(27-25-32)50-43-23-13-11-21-37(43)39-28-38-36-20-10-12-22-42(36)49(44(38)30-45(39)50)34-18-8-3-9-19-34;1-4-14-31(15-5-1)40-26-34(27-41(48-40)32-16-6-2-7-17-32)33-24-25-46(47-30-33)50-43-23-13-11-21-37(43)39-28-38-36-20-10-12-22-42(36)49(44(38)29-45(39)50)35-18-8-3-9-19-35/h1-31H;2*1-30H. The molecule has 10 aromatic heterocycles. The van der Waals surface area contributed by atoms with E-state index in [1.54, 1.807) is 0 Å². The molecule has 0 radical (unpaired) electrons. The van der Waals surface area contributed by atoms with Crippen LogP contribution in [0.1, 0.15) is 0 Å². The summed E-state index contributed by atoms with van der Waals surface area (Å²) in [6.45, 7) is 0. The number of hydrogen-bond donors (Lipinski definition) is 0. The molecule has 0 saturated carbocycles. The fraction of sp³-hybridized carbons (Fsp3) is 0. The van der Waals surface area contributed by atoms with Gasteiger partial charge in [-0.2, -0.15) is 0 Å². The molecule has 0 aliphatic carbocycles. The average molecular weight is 1920 g/mol. The molecule has 0 atom stereocenters. The van der Waals surface area contributed by atoms with Gasteiger partial charge in [-0.1, -0.05) is 370 Å². The number of benzene rings is 20. The summed E-state index contributed by atoms with van der Waals surface area (Å²) < 4.78 is 14.3. The first-order valence-corrected chi connectivity index (χ1v) is 50.9. The number of para-hydroxylation sites is 9. The highest BCUT2D eigenvalue weighted by Crippen LogP contribution is 2.47. The number of nitrogens with zero attached hydrogens (tertiary/aromatic N) is 11. The van der Waals surface area contributed by atoms with Gasteiger partial charge in [-0.15, -0.1) is 0 Å². The van der Waals surface area contributed by atoms with Crippen molar-refractivity contribution in [2.45, 2.75) is 0 Å². The summed E-state index contributed by atoms with van der Waals surface area (Å²) in [5, 5.41) is 14.9. The Morgan fingerprint density at radius 1 is 0.120 bits per heavy atom. The smallest absolute Gasteiger partial charge is 0.160 e. The molecular weight excluding hydrogens is 1820 g/mol. The number of hydrogen-bond acceptors (Lipinski definition) is 5. The van der Waals surface area contributed by atoms with E-state index in [2.05, 4.69) is 513 Å². The first kappa shape index (κ1) is 87.5. The van der Waals surface area contributed by atoms with Gasteiger partial charge in [-0.05, 0) is 193 Å². The van der Waals surface area contributed by atoms with Gasteiger partial charge in [-0.3, -0.25) is 4.57 Å². The van der Waals surface area contributed by atoms with E-state index in [0.29, 0.717) is 5.82 Å². The van der Waals surface area contributed by atoms with Gasteiger partial charge in [0.05, 0.1) is 100 Å². The summed E-state index contributed by atoms with van der Waals surface area (Å²) in [4.78, 5) is 25.3. The Morgan fingerprint density at radius 2 is 0.333 bits per heavy atom. The maximum atomic E-state index is 5.14. The van der Waals surface area contributed by atoms with Gasteiger partial charge in [0, 0.05) is 144 Å². The molecule has 30 aromatic rings. The summed E-state index contributed by atoms with van der Waals surface area (Å²) in [7, 11) is 0. The van der Waals surface area contributed by atoms with Crippen molar-refractivity contribution < 1.29 is 0 Å². The SMILES string of the molecule is c1ccc(-c2cc(-c3ccc(-n4c5ccccc5c5cc6c7ccccc7n(-c7ccccc7)c6cc54)cc3)cc(-c3ccccc3)n2)cc1.c1ccc(-c2cc(-c3ccc(-n4c5ccccc5c5cc6c7ccccc7n(-c7ccccc7)c6cc54)cc3)nc(-c3ccccc3)n2)cc1.c1ccc(-c2cc(-c3ccc(-n4c5ccccc5c5cc6c7ccccc7n(-c7ccccc7)c6cc54)nc3)cc(-c3ccccc3)n2)cc1. The molecule has 30 rings (SSSR count). The van der Waals surface area contributed by atoms with E-state index in [0.717, 1.165) is 141 Å². The highest BCUT2D eigenvalue weighted by Gasteiger charge is 2.26. The van der Waals surface area contributed by atoms with E-state index < -0.39 is 0 Å². The lowest BCUT2D eigenvalue weighted by Crippen LogP contribution is -1.98. The average Bonchev–Trinajstić information content (AvgIpc) is 1.56. The Labute approximate surface area is 864 Å². The van der Waals surface area contributed by atoms with Crippen LogP contribution >= 0.6 is 0 Å². The van der Waals surface area contributed by atoms with Crippen LogP contribution in [0.15, 0.2) is 552 Å². The number of pyridine rings is 3. The van der Waals surface area contributed by atoms with Crippen molar-refractivity contribution in [2.75, 3.05) is 0 Å². The van der Waals surface area contributed by atoms with E-state index in [1.165, 1.54) is 120 Å². The Kier molecular flexibility index (Phi) is 21.7. The van der Waals surface area contributed by atoms with Crippen LogP contribution in [-0.2, 0) is 0 Å². The van der Waals surface area contributed by atoms with Crippen molar-refractivity contribution in [1.82, 2.24) is 52.3 Å². The van der Waals surface area contributed by atoms with Gasteiger partial charge >= 0.3 is 0 Å². The van der Waals surface area contributed by atoms with E-state index in [1.807, 2.05) is 66.9 Å². The topological polar surface area (TPSA) is 94.0 Å². The van der Waals surface area contributed by atoms with Crippen LogP contribution in [0.3, 0.4) is 0 Å². The van der Waals surface area contributed by atoms with Crippen LogP contribution in [0.5, 0.6) is 0 Å². The molecule has 10 heterocycles. The molecule has 0 aliphatic heterocycles. The Hall–Kier alpha value is -20.3. The lowest BCUT2D eigenvalue weighted by molar-refractivity contribution is 1.08. The quantitative estimate of drug-likeness (QED) is 0.102. The first-order chi connectivity index (χ1) is 74.4.